The van der Waals surface area contributed by atoms with Gasteiger partial charge in [-0.3, -0.25) is 9.59 Å². The van der Waals surface area contributed by atoms with E-state index in [1.165, 1.54) is 7.11 Å². The highest BCUT2D eigenvalue weighted by molar-refractivity contribution is 6.07. The van der Waals surface area contributed by atoms with Crippen LogP contribution in [0.4, 0.5) is 4.79 Å². The molecular formula is C49H56N8O6. The molecule has 2 saturated heterocycles. The Labute approximate surface area is 367 Å². The number of ether oxygens (including phenoxy) is 2. The Kier molecular flexibility index (Phi) is 11.9. The number of methoxy groups -OCH3 is 1. The van der Waals surface area contributed by atoms with Crippen LogP contribution >= 0.6 is 0 Å². The number of H-pyrrole nitrogens is 2. The molecule has 6 atom stereocenters. The minimum absolute atomic E-state index is 0.0592. The molecule has 14 nitrogen and oxygen atoms in total. The third kappa shape index (κ3) is 8.41. The van der Waals surface area contributed by atoms with Gasteiger partial charge in [0, 0.05) is 24.0 Å². The van der Waals surface area contributed by atoms with Gasteiger partial charge in [0.15, 0.2) is 5.88 Å². The normalized spacial score (nSPS) is 20.6. The van der Waals surface area contributed by atoms with E-state index >= 15 is 0 Å². The summed E-state index contributed by atoms with van der Waals surface area (Å²) in [6.45, 7) is 19.1. The monoisotopic (exact) mass is 852 g/mol. The number of aromatic amines is 2. The number of fused-ring (bicyclic) bond motifs is 6. The molecule has 5 aromatic rings. The Morgan fingerprint density at radius 2 is 1.67 bits per heavy atom. The highest BCUT2D eigenvalue weighted by atomic mass is 16.5. The Hall–Kier alpha value is -6.83. The second-order valence-electron chi connectivity index (χ2n) is 17.5. The first-order valence-corrected chi connectivity index (χ1v) is 21.6. The Bertz CT molecular complexity index is 2680. The van der Waals surface area contributed by atoms with Crippen molar-refractivity contribution >= 4 is 39.7 Å². The zero-order chi connectivity index (χ0) is 44.7. The molecule has 2 aromatic heterocycles. The van der Waals surface area contributed by atoms with Gasteiger partial charge in [0.2, 0.25) is 5.91 Å². The summed E-state index contributed by atoms with van der Waals surface area (Å²) in [5.74, 6) is 2.01. The largest absolute Gasteiger partial charge is 0.495 e. The number of rotatable bonds is 12. The molecule has 63 heavy (non-hydrogen) atoms. The van der Waals surface area contributed by atoms with Gasteiger partial charge in [0.05, 0.1) is 42.1 Å². The molecule has 0 unspecified atom stereocenters. The van der Waals surface area contributed by atoms with Crippen LogP contribution in [-0.4, -0.2) is 85.0 Å². The van der Waals surface area contributed by atoms with Crippen LogP contribution in [0, 0.1) is 17.8 Å². The molecule has 8 rings (SSSR count). The van der Waals surface area contributed by atoms with Crippen molar-refractivity contribution in [2.24, 2.45) is 17.8 Å². The number of benzene rings is 3. The van der Waals surface area contributed by atoms with Crippen LogP contribution in [0.25, 0.3) is 44.2 Å². The average Bonchev–Trinajstić information content (AvgIpc) is 4.09. The average molecular weight is 853 g/mol. The fourth-order valence-electron chi connectivity index (χ4n) is 9.30. The van der Waals surface area contributed by atoms with Crippen LogP contribution < -0.4 is 15.4 Å². The molecule has 3 aliphatic rings. The van der Waals surface area contributed by atoms with Crippen LogP contribution in [0.3, 0.4) is 0 Å². The van der Waals surface area contributed by atoms with Gasteiger partial charge in [-0.1, -0.05) is 76.8 Å². The first-order valence-electron chi connectivity index (χ1n) is 21.6. The van der Waals surface area contributed by atoms with Crippen LogP contribution in [-0.2, 0) is 20.9 Å². The topological polar surface area (TPSA) is 178 Å². The second kappa shape index (κ2) is 17.5. The lowest BCUT2D eigenvalue weighted by molar-refractivity contribution is -0.136. The van der Waals surface area contributed by atoms with E-state index in [-0.39, 0.29) is 47.5 Å². The first kappa shape index (κ1) is 42.8. The summed E-state index contributed by atoms with van der Waals surface area (Å²) in [6, 6.07) is 12.5. The number of imidazole rings is 2. The zero-order valence-electron chi connectivity index (χ0n) is 36.7. The molecule has 0 saturated carbocycles. The lowest BCUT2D eigenvalue weighted by Crippen LogP contribution is -2.49. The molecule has 14 heteroatoms. The molecule has 3 amide bonds. The highest BCUT2D eigenvalue weighted by Gasteiger charge is 2.41. The number of likely N-dealkylation sites (tertiary alicyclic amines) is 2. The van der Waals surface area contributed by atoms with Crippen molar-refractivity contribution in [2.75, 3.05) is 20.2 Å². The van der Waals surface area contributed by atoms with Crippen molar-refractivity contribution < 1.29 is 29.0 Å². The summed E-state index contributed by atoms with van der Waals surface area (Å²) < 4.78 is 11.3. The third-order valence-electron chi connectivity index (χ3n) is 12.4. The Balaban J connectivity index is 1.04. The van der Waals surface area contributed by atoms with Gasteiger partial charge in [0.1, 0.15) is 36.1 Å². The standard InChI is InChI=1S/C49H56N8O6/c1-9-10-11-12-29(6)43(55-49(61)62-8)48(60)56-23-27(4)17-39(56)45-50-22-38(53-45)32-13-15-34-33(19-32)25-63-41-21-35-31(20-36(34)41)14-16-37-44(35)54-46(52-37)40-18-28(5)24-57(40)47(59)42(26(2)3)51-30(7)58/h9-16,19-22,26-28,39-40,42-43,51,58H,6-7,17-18,23-25H2,1-5,8H3,(H,50,53)(H,52,54)(H,55,61)/b10-9-,12-11-/t27-,28-,39-,40-,42-,43+/m0/s1. The molecule has 5 heterocycles. The smallest absolute Gasteiger partial charge is 0.407 e. The number of aliphatic hydroxyl groups is 1. The molecular weight excluding hydrogens is 797 g/mol. The number of carbonyl (C=O) groups excluding carboxylic acids is 3. The molecule has 5 N–H and O–H groups in total. The van der Waals surface area contributed by atoms with Crippen molar-refractivity contribution in [1.82, 2.24) is 40.4 Å². The van der Waals surface area contributed by atoms with Gasteiger partial charge in [-0.25, -0.2) is 14.8 Å². The number of hydrogen-bond acceptors (Lipinski definition) is 9. The maximum Gasteiger partial charge on any atom is 0.407 e. The minimum atomic E-state index is -1.01. The number of nitrogens with one attached hydrogen (secondary N) is 4. The Morgan fingerprint density at radius 3 is 2.37 bits per heavy atom. The van der Waals surface area contributed by atoms with Gasteiger partial charge >= 0.3 is 6.09 Å². The van der Waals surface area contributed by atoms with Crippen molar-refractivity contribution in [2.45, 2.75) is 78.2 Å². The molecule has 0 radical (unpaired) electrons. The van der Waals surface area contributed by atoms with E-state index in [0.29, 0.717) is 37.5 Å². The van der Waals surface area contributed by atoms with E-state index in [1.54, 1.807) is 23.2 Å². The maximum absolute atomic E-state index is 14.1. The van der Waals surface area contributed by atoms with E-state index in [4.69, 9.17) is 19.4 Å². The van der Waals surface area contributed by atoms with Crippen LogP contribution in [0.1, 0.15) is 76.8 Å². The van der Waals surface area contributed by atoms with Crippen LogP contribution in [0.5, 0.6) is 5.75 Å². The molecule has 0 aliphatic carbocycles. The summed E-state index contributed by atoms with van der Waals surface area (Å²) in [4.78, 5) is 60.8. The number of aromatic nitrogens is 4. The molecule has 0 spiro atoms. The molecule has 328 valence electrons. The van der Waals surface area contributed by atoms with E-state index < -0.39 is 18.2 Å². The fraction of sp³-hybridized carbons (Fsp3) is 0.367. The third-order valence-corrected chi connectivity index (χ3v) is 12.4. The number of aliphatic hydroxyl groups excluding tert-OH is 1. The molecule has 0 bridgehead atoms. The quantitative estimate of drug-likeness (QED) is 0.0608. The number of carbonyl (C=O) groups is 3. The van der Waals surface area contributed by atoms with Gasteiger partial charge in [-0.2, -0.15) is 0 Å². The van der Waals surface area contributed by atoms with E-state index in [1.807, 2.05) is 43.9 Å². The van der Waals surface area contributed by atoms with Crippen LogP contribution in [0.15, 0.2) is 97.6 Å². The lowest BCUT2D eigenvalue weighted by atomic mass is 9.92. The minimum Gasteiger partial charge on any atom is -0.495 e. The summed E-state index contributed by atoms with van der Waals surface area (Å²) in [5, 5.41) is 17.4. The second-order valence-corrected chi connectivity index (χ2v) is 17.5. The van der Waals surface area contributed by atoms with Crippen molar-refractivity contribution in [3.05, 3.63) is 115 Å². The predicted octanol–water partition coefficient (Wildman–Crippen LogP) is 8.54. The van der Waals surface area contributed by atoms with Crippen molar-refractivity contribution in [3.8, 4) is 28.1 Å². The fourth-order valence-corrected chi connectivity index (χ4v) is 9.30. The maximum atomic E-state index is 14.1. The molecule has 2 fully saturated rings. The number of allylic oxidation sites excluding steroid dienone is 3. The number of alkyl carbamates (subject to hydrolysis) is 1. The van der Waals surface area contributed by atoms with E-state index in [2.05, 4.69) is 84.0 Å². The van der Waals surface area contributed by atoms with Gasteiger partial charge < -0.3 is 45.0 Å². The summed E-state index contributed by atoms with van der Waals surface area (Å²) in [6.07, 6.45) is 9.74. The number of amides is 3. The summed E-state index contributed by atoms with van der Waals surface area (Å²) in [5.41, 5.74) is 6.99. The van der Waals surface area contributed by atoms with Gasteiger partial charge in [-0.05, 0) is 96.0 Å². The SMILES string of the molecule is C=C(O)N[C@H](C(=O)N1C[C@@H](C)C[C@H]1c1nc2ccc3cc4c(cc3c2[nH]1)OCc1cc(-c2cnc([C@@H]3C[C@H](C)CN3C(=O)[C@H](NC(=O)OC)C(=C)/C=C\C=C/C)[nH]2)ccc1-4)C(C)C. The van der Waals surface area contributed by atoms with E-state index in [0.717, 1.165) is 67.7 Å². The first-order chi connectivity index (χ1) is 30.2. The number of hydrogen-bond donors (Lipinski definition) is 5. The van der Waals surface area contributed by atoms with Crippen molar-refractivity contribution in [3.63, 3.8) is 0 Å². The summed E-state index contributed by atoms with van der Waals surface area (Å²) >= 11 is 0. The van der Waals surface area contributed by atoms with E-state index in [9.17, 15) is 19.5 Å². The van der Waals surface area contributed by atoms with Gasteiger partial charge in [-0.15, -0.1) is 0 Å². The lowest BCUT2D eigenvalue weighted by Gasteiger charge is -2.30. The van der Waals surface area contributed by atoms with Crippen LogP contribution in [0.2, 0.25) is 0 Å². The molecule has 3 aliphatic heterocycles. The zero-order valence-corrected chi connectivity index (χ0v) is 36.7. The Morgan fingerprint density at radius 1 is 0.937 bits per heavy atom. The highest BCUT2D eigenvalue weighted by Crippen LogP contribution is 2.44. The number of nitrogens with zero attached hydrogens (tertiary/aromatic N) is 4. The van der Waals surface area contributed by atoms with Crippen molar-refractivity contribution in [1.29, 1.82) is 0 Å². The predicted molar refractivity (Wildman–Crippen MR) is 243 cm³/mol. The summed E-state index contributed by atoms with van der Waals surface area (Å²) in [7, 11) is 1.26. The molecule has 3 aromatic carbocycles. The van der Waals surface area contributed by atoms with Gasteiger partial charge in [0.25, 0.3) is 5.91 Å².